The Morgan fingerprint density at radius 3 is 2.21 bits per heavy atom. The lowest BCUT2D eigenvalue weighted by molar-refractivity contribution is 0.169. The molecule has 9 nitrogen and oxygen atoms in total. The number of ether oxygens (including phenoxy) is 1. The van der Waals surface area contributed by atoms with E-state index in [-0.39, 0.29) is 16.6 Å². The molecule has 0 N–H and O–H groups in total. The predicted octanol–water partition coefficient (Wildman–Crippen LogP) is 2.35. The molecule has 0 radical (unpaired) electrons. The number of benzene rings is 1. The van der Waals surface area contributed by atoms with Gasteiger partial charge in [-0.3, -0.25) is 4.79 Å². The first-order chi connectivity index (χ1) is 15.9. The molecule has 1 aliphatic heterocycles. The Balaban J connectivity index is 1.20. The molecule has 10 heteroatoms. The summed E-state index contributed by atoms with van der Waals surface area (Å²) >= 11 is 0. The Bertz CT molecular complexity index is 1290. The average molecular weight is 468 g/mol. The maximum absolute atomic E-state index is 12.6. The second kappa shape index (κ2) is 8.58. The van der Waals surface area contributed by atoms with Crippen molar-refractivity contribution in [2.45, 2.75) is 42.6 Å². The SMILES string of the molecule is CS(=O)(=O)c1ccc(-n2ncc(OC3CCN(c4ncc(C5CC5)cn4)CC3)cc2=O)cc1. The Morgan fingerprint density at radius 1 is 0.970 bits per heavy atom. The fourth-order valence-corrected chi connectivity index (χ4v) is 4.60. The first-order valence-corrected chi connectivity index (χ1v) is 12.9. The summed E-state index contributed by atoms with van der Waals surface area (Å²) in [6.45, 7) is 1.56. The van der Waals surface area contributed by atoms with Gasteiger partial charge in [0.2, 0.25) is 5.95 Å². The van der Waals surface area contributed by atoms with E-state index < -0.39 is 9.84 Å². The topological polar surface area (TPSA) is 107 Å². The first-order valence-electron chi connectivity index (χ1n) is 11.0. The summed E-state index contributed by atoms with van der Waals surface area (Å²) in [4.78, 5) is 24.0. The van der Waals surface area contributed by atoms with E-state index >= 15 is 0 Å². The number of hydrogen-bond acceptors (Lipinski definition) is 8. The van der Waals surface area contributed by atoms with Crippen LogP contribution in [0.25, 0.3) is 5.69 Å². The van der Waals surface area contributed by atoms with Gasteiger partial charge in [-0.15, -0.1) is 0 Å². The molecule has 172 valence electrons. The fraction of sp³-hybridized carbons (Fsp3) is 0.391. The molecule has 0 amide bonds. The van der Waals surface area contributed by atoms with Gasteiger partial charge in [0.25, 0.3) is 5.56 Å². The van der Waals surface area contributed by atoms with Crippen molar-refractivity contribution in [3.05, 3.63) is 64.8 Å². The number of hydrogen-bond donors (Lipinski definition) is 0. The summed E-state index contributed by atoms with van der Waals surface area (Å²) in [5.74, 6) is 1.82. The normalized spacial score (nSPS) is 17.2. The number of sulfone groups is 1. The van der Waals surface area contributed by atoms with Crippen molar-refractivity contribution in [3.63, 3.8) is 0 Å². The number of piperidine rings is 1. The van der Waals surface area contributed by atoms with Crippen molar-refractivity contribution in [3.8, 4) is 11.4 Å². The Hall–Kier alpha value is -3.27. The van der Waals surface area contributed by atoms with Crippen molar-refractivity contribution in [2.75, 3.05) is 24.2 Å². The number of nitrogens with zero attached hydrogens (tertiary/aromatic N) is 5. The summed E-state index contributed by atoms with van der Waals surface area (Å²) in [7, 11) is -3.30. The summed E-state index contributed by atoms with van der Waals surface area (Å²) in [6.07, 6.45) is 10.6. The van der Waals surface area contributed by atoms with Gasteiger partial charge >= 0.3 is 0 Å². The second-order valence-corrected chi connectivity index (χ2v) is 10.6. The maximum atomic E-state index is 12.6. The highest BCUT2D eigenvalue weighted by atomic mass is 32.2. The van der Waals surface area contributed by atoms with Gasteiger partial charge in [-0.25, -0.2) is 18.4 Å². The van der Waals surface area contributed by atoms with Crippen LogP contribution >= 0.6 is 0 Å². The quantitative estimate of drug-likeness (QED) is 0.544. The van der Waals surface area contributed by atoms with E-state index in [0.717, 1.165) is 38.1 Å². The minimum absolute atomic E-state index is 0.0157. The zero-order valence-electron chi connectivity index (χ0n) is 18.3. The molecule has 2 aliphatic rings. The lowest BCUT2D eigenvalue weighted by Gasteiger charge is -2.32. The van der Waals surface area contributed by atoms with E-state index in [9.17, 15) is 13.2 Å². The smallest absolute Gasteiger partial charge is 0.275 e. The maximum Gasteiger partial charge on any atom is 0.275 e. The van der Waals surface area contributed by atoms with Crippen LogP contribution in [-0.2, 0) is 9.84 Å². The average Bonchev–Trinajstić information content (AvgIpc) is 3.65. The summed E-state index contributed by atoms with van der Waals surface area (Å²) in [5, 5.41) is 4.20. The minimum Gasteiger partial charge on any atom is -0.488 e. The Kier molecular flexibility index (Phi) is 5.61. The molecule has 0 spiro atoms. The third-order valence-electron chi connectivity index (χ3n) is 6.02. The Morgan fingerprint density at radius 2 is 1.64 bits per heavy atom. The molecule has 3 aromatic rings. The highest BCUT2D eigenvalue weighted by molar-refractivity contribution is 7.90. The van der Waals surface area contributed by atoms with Crippen LogP contribution in [-0.4, -0.2) is 53.6 Å². The Labute approximate surface area is 192 Å². The van der Waals surface area contributed by atoms with Crippen molar-refractivity contribution >= 4 is 15.8 Å². The van der Waals surface area contributed by atoms with Gasteiger partial charge in [0.05, 0.1) is 16.8 Å². The molecule has 2 aromatic heterocycles. The van der Waals surface area contributed by atoms with Crippen molar-refractivity contribution in [1.82, 2.24) is 19.7 Å². The first kappa shape index (κ1) is 21.6. The van der Waals surface area contributed by atoms with Crippen LogP contribution in [0.3, 0.4) is 0 Å². The molecule has 1 saturated heterocycles. The van der Waals surface area contributed by atoms with Gasteiger partial charge in [-0.2, -0.15) is 9.78 Å². The van der Waals surface area contributed by atoms with Gasteiger partial charge in [0.15, 0.2) is 9.84 Å². The minimum atomic E-state index is -3.30. The summed E-state index contributed by atoms with van der Waals surface area (Å²) in [6, 6.07) is 7.44. The van der Waals surface area contributed by atoms with Crippen LogP contribution in [0.4, 0.5) is 5.95 Å². The molecule has 3 heterocycles. The van der Waals surface area contributed by atoms with E-state index in [4.69, 9.17) is 4.74 Å². The molecule has 0 bridgehead atoms. The van der Waals surface area contributed by atoms with Crippen LogP contribution in [0.2, 0.25) is 0 Å². The van der Waals surface area contributed by atoms with Crippen LogP contribution in [0.5, 0.6) is 5.75 Å². The van der Waals surface area contributed by atoms with Crippen LogP contribution in [0.15, 0.2) is 58.6 Å². The highest BCUT2D eigenvalue weighted by Crippen LogP contribution is 2.39. The monoisotopic (exact) mass is 467 g/mol. The van der Waals surface area contributed by atoms with Crippen LogP contribution in [0, 0.1) is 0 Å². The van der Waals surface area contributed by atoms with E-state index in [2.05, 4.69) is 20.0 Å². The van der Waals surface area contributed by atoms with Gasteiger partial charge in [-0.05, 0) is 48.6 Å². The number of rotatable bonds is 6. The van der Waals surface area contributed by atoms with Gasteiger partial charge in [0.1, 0.15) is 11.9 Å². The molecule has 33 heavy (non-hydrogen) atoms. The van der Waals surface area contributed by atoms with E-state index in [1.165, 1.54) is 47.5 Å². The standard InChI is InChI=1S/C23H25N5O4S/c1-33(30,31)21-6-4-18(5-7-21)28-22(29)12-20(15-26-28)32-19-8-10-27(11-9-19)23-24-13-17(14-25-23)16-2-3-16/h4-7,12-16,19H,2-3,8-11H2,1H3. The van der Waals surface area contributed by atoms with E-state index in [0.29, 0.717) is 17.4 Å². The van der Waals surface area contributed by atoms with E-state index in [1.807, 2.05) is 12.4 Å². The van der Waals surface area contributed by atoms with Crippen LogP contribution in [0.1, 0.15) is 37.2 Å². The molecule has 1 aliphatic carbocycles. The van der Waals surface area contributed by atoms with Gasteiger partial charge in [0, 0.05) is 50.6 Å². The molecule has 5 rings (SSSR count). The summed E-state index contributed by atoms with van der Waals surface area (Å²) < 4.78 is 30.4. The zero-order chi connectivity index (χ0) is 23.0. The largest absolute Gasteiger partial charge is 0.488 e. The predicted molar refractivity (Wildman–Crippen MR) is 123 cm³/mol. The highest BCUT2D eigenvalue weighted by Gasteiger charge is 2.26. The van der Waals surface area contributed by atoms with Gasteiger partial charge in [-0.1, -0.05) is 0 Å². The molecule has 1 aromatic carbocycles. The molecule has 0 atom stereocenters. The van der Waals surface area contributed by atoms with Crippen molar-refractivity contribution in [1.29, 1.82) is 0 Å². The zero-order valence-corrected chi connectivity index (χ0v) is 19.1. The third kappa shape index (κ3) is 4.90. The lowest BCUT2D eigenvalue weighted by Crippen LogP contribution is -2.39. The molecular formula is C23H25N5O4S. The third-order valence-corrected chi connectivity index (χ3v) is 7.15. The van der Waals surface area contributed by atoms with Gasteiger partial charge < -0.3 is 9.64 Å². The molecule has 1 saturated carbocycles. The molecule has 0 unspecified atom stereocenters. The molecular weight excluding hydrogens is 442 g/mol. The van der Waals surface area contributed by atoms with Crippen LogP contribution < -0.4 is 15.2 Å². The molecule has 2 fully saturated rings. The summed E-state index contributed by atoms with van der Waals surface area (Å²) in [5.41, 5.74) is 1.37. The number of anilines is 1. The van der Waals surface area contributed by atoms with Crippen molar-refractivity contribution in [2.24, 2.45) is 0 Å². The number of aromatic nitrogens is 4. The van der Waals surface area contributed by atoms with Crippen molar-refractivity contribution < 1.29 is 13.2 Å². The van der Waals surface area contributed by atoms with E-state index in [1.54, 1.807) is 12.1 Å². The lowest BCUT2D eigenvalue weighted by atomic mass is 10.1. The second-order valence-electron chi connectivity index (χ2n) is 8.60. The fourth-order valence-electron chi connectivity index (χ4n) is 3.97.